The average molecular weight is 360 g/mol. The third kappa shape index (κ3) is 2.50. The summed E-state index contributed by atoms with van der Waals surface area (Å²) in [5.41, 5.74) is 2.09. The van der Waals surface area contributed by atoms with Gasteiger partial charge in [0.2, 0.25) is 5.95 Å². The van der Waals surface area contributed by atoms with Gasteiger partial charge < -0.3 is 15.5 Å². The number of anilines is 2. The molecule has 7 nitrogen and oxygen atoms in total. The highest BCUT2D eigenvalue weighted by Gasteiger charge is 2.35. The number of carbonyl (C=O) groups excluding carboxylic acids is 1. The number of nitrogens with zero attached hydrogens (tertiary/aromatic N) is 4. The Hall–Kier alpha value is -3.22. The van der Waals surface area contributed by atoms with Gasteiger partial charge in [0.1, 0.15) is 11.4 Å². The minimum Gasteiger partial charge on any atom is -0.357 e. The number of aromatic nitrogens is 3. The highest BCUT2D eigenvalue weighted by molar-refractivity contribution is 6.08. The molecule has 1 amide bonds. The zero-order valence-corrected chi connectivity index (χ0v) is 15.1. The molecule has 2 N–H and O–H groups in total. The van der Waals surface area contributed by atoms with Gasteiger partial charge in [-0.2, -0.15) is 4.98 Å². The fourth-order valence-corrected chi connectivity index (χ4v) is 4.12. The Morgan fingerprint density at radius 2 is 2.19 bits per heavy atom. The quantitative estimate of drug-likeness (QED) is 0.730. The van der Waals surface area contributed by atoms with Gasteiger partial charge in [-0.1, -0.05) is 18.2 Å². The molecule has 0 spiro atoms. The number of hydrogen-bond donors (Lipinski definition) is 2. The van der Waals surface area contributed by atoms with Crippen LogP contribution < -0.4 is 15.5 Å². The van der Waals surface area contributed by atoms with Crippen molar-refractivity contribution >= 4 is 28.4 Å². The van der Waals surface area contributed by atoms with Crippen LogP contribution in [0.1, 0.15) is 23.2 Å². The van der Waals surface area contributed by atoms with Crippen LogP contribution in [0.2, 0.25) is 0 Å². The van der Waals surface area contributed by atoms with E-state index in [1.54, 1.807) is 13.2 Å². The van der Waals surface area contributed by atoms with Crippen molar-refractivity contribution in [3.8, 4) is 11.3 Å². The highest BCUT2D eigenvalue weighted by Crippen LogP contribution is 2.37. The maximum absolute atomic E-state index is 13.0. The summed E-state index contributed by atoms with van der Waals surface area (Å²) < 4.78 is 0. The van der Waals surface area contributed by atoms with E-state index >= 15 is 0 Å². The molecule has 2 aromatic heterocycles. The number of nitrogens with one attached hydrogen (secondary N) is 2. The lowest BCUT2D eigenvalue weighted by atomic mass is 10.00. The van der Waals surface area contributed by atoms with Crippen molar-refractivity contribution in [3.05, 3.63) is 42.2 Å². The number of pyridine rings is 1. The van der Waals surface area contributed by atoms with Crippen molar-refractivity contribution in [2.75, 3.05) is 30.4 Å². The molecule has 0 saturated carbocycles. The van der Waals surface area contributed by atoms with Crippen molar-refractivity contribution < 1.29 is 4.79 Å². The summed E-state index contributed by atoms with van der Waals surface area (Å²) in [5.74, 6) is 1.13. The predicted octanol–water partition coefficient (Wildman–Crippen LogP) is 2.45. The van der Waals surface area contributed by atoms with Gasteiger partial charge in [-0.05, 0) is 24.3 Å². The minimum atomic E-state index is -0.113. The Morgan fingerprint density at radius 1 is 1.26 bits per heavy atom. The van der Waals surface area contributed by atoms with E-state index in [0.29, 0.717) is 23.8 Å². The highest BCUT2D eigenvalue weighted by atomic mass is 16.1. The second-order valence-electron chi connectivity index (χ2n) is 6.95. The van der Waals surface area contributed by atoms with E-state index in [9.17, 15) is 4.79 Å². The molecule has 7 heteroatoms. The Balaban J connectivity index is 1.82. The summed E-state index contributed by atoms with van der Waals surface area (Å²) in [6, 6.07) is 8.27. The Bertz CT molecular complexity index is 1040. The molecule has 5 rings (SSSR count). The van der Waals surface area contributed by atoms with E-state index in [0.717, 1.165) is 41.5 Å². The molecule has 4 heterocycles. The molecule has 136 valence electrons. The van der Waals surface area contributed by atoms with E-state index in [4.69, 9.17) is 4.98 Å². The van der Waals surface area contributed by atoms with Crippen LogP contribution in [0.5, 0.6) is 0 Å². The Kier molecular flexibility index (Phi) is 3.67. The lowest BCUT2D eigenvalue weighted by Crippen LogP contribution is -2.36. The van der Waals surface area contributed by atoms with Gasteiger partial charge in [0.25, 0.3) is 5.91 Å². The Labute approximate surface area is 156 Å². The summed E-state index contributed by atoms with van der Waals surface area (Å²) in [6.45, 7) is 1.55. The number of carbonyl (C=O) groups is 1. The van der Waals surface area contributed by atoms with Crippen molar-refractivity contribution in [1.82, 2.24) is 20.3 Å². The van der Waals surface area contributed by atoms with Gasteiger partial charge >= 0.3 is 0 Å². The van der Waals surface area contributed by atoms with Crippen molar-refractivity contribution in [3.63, 3.8) is 0 Å². The molecular weight excluding hydrogens is 340 g/mol. The summed E-state index contributed by atoms with van der Waals surface area (Å²) in [7, 11) is 1.80. The van der Waals surface area contributed by atoms with E-state index in [1.807, 2.05) is 30.5 Å². The zero-order valence-electron chi connectivity index (χ0n) is 15.1. The Morgan fingerprint density at radius 3 is 3.07 bits per heavy atom. The second kappa shape index (κ2) is 6.19. The fraction of sp³-hybridized carbons (Fsp3) is 0.300. The maximum atomic E-state index is 13.0. The zero-order chi connectivity index (χ0) is 18.4. The van der Waals surface area contributed by atoms with Crippen LogP contribution in [0.4, 0.5) is 11.8 Å². The molecule has 3 aromatic rings. The SMILES string of the molecule is CNc1nc(-c2cccc3ccncc23)c2c(n1)N1CCC[C@H]1CNC2=O. The number of hydrogen-bond acceptors (Lipinski definition) is 6. The summed E-state index contributed by atoms with van der Waals surface area (Å²) in [4.78, 5) is 28.9. The van der Waals surface area contributed by atoms with E-state index < -0.39 is 0 Å². The van der Waals surface area contributed by atoms with Crippen molar-refractivity contribution in [2.24, 2.45) is 0 Å². The predicted molar refractivity (Wildman–Crippen MR) is 105 cm³/mol. The molecule has 1 saturated heterocycles. The molecule has 0 unspecified atom stereocenters. The molecule has 0 aliphatic carbocycles. The van der Waals surface area contributed by atoms with Crippen LogP contribution in [-0.2, 0) is 0 Å². The second-order valence-corrected chi connectivity index (χ2v) is 6.95. The standard InChI is InChI=1S/C20H20N6O/c1-21-20-24-17(14-6-2-4-12-7-8-22-11-15(12)14)16-18(25-20)26-9-3-5-13(26)10-23-19(16)27/h2,4,6-8,11,13H,3,5,9-10H2,1H3,(H,23,27)(H,21,24,25)/t13-/m0/s1. The number of rotatable bonds is 2. The molecule has 0 bridgehead atoms. The first-order valence-corrected chi connectivity index (χ1v) is 9.24. The van der Waals surface area contributed by atoms with Gasteiger partial charge in [0, 0.05) is 49.5 Å². The van der Waals surface area contributed by atoms with Gasteiger partial charge in [0.15, 0.2) is 0 Å². The molecule has 1 fully saturated rings. The van der Waals surface area contributed by atoms with Crippen molar-refractivity contribution in [1.29, 1.82) is 0 Å². The van der Waals surface area contributed by atoms with E-state index in [-0.39, 0.29) is 11.9 Å². The third-order valence-electron chi connectivity index (χ3n) is 5.43. The third-order valence-corrected chi connectivity index (χ3v) is 5.43. The van der Waals surface area contributed by atoms with E-state index in [2.05, 4.69) is 25.5 Å². The van der Waals surface area contributed by atoms with Gasteiger partial charge in [-0.25, -0.2) is 4.98 Å². The minimum absolute atomic E-state index is 0.113. The average Bonchev–Trinajstić information content (AvgIpc) is 3.14. The van der Waals surface area contributed by atoms with Crippen LogP contribution in [0.15, 0.2) is 36.7 Å². The largest absolute Gasteiger partial charge is 0.357 e. The fourth-order valence-electron chi connectivity index (χ4n) is 4.12. The molecule has 2 aliphatic heterocycles. The molecule has 0 radical (unpaired) electrons. The van der Waals surface area contributed by atoms with Crippen LogP contribution >= 0.6 is 0 Å². The maximum Gasteiger partial charge on any atom is 0.257 e. The lowest BCUT2D eigenvalue weighted by molar-refractivity contribution is 0.0955. The molecule has 1 atom stereocenters. The first-order valence-electron chi connectivity index (χ1n) is 9.24. The first kappa shape index (κ1) is 16.0. The van der Waals surface area contributed by atoms with Gasteiger partial charge in [-0.15, -0.1) is 0 Å². The smallest absolute Gasteiger partial charge is 0.257 e. The number of fused-ring (bicyclic) bond motifs is 4. The number of benzene rings is 1. The molecule has 2 aliphatic rings. The normalized spacial score (nSPS) is 18.6. The van der Waals surface area contributed by atoms with Crippen LogP contribution in [0.25, 0.3) is 22.0 Å². The monoisotopic (exact) mass is 360 g/mol. The molecule has 1 aromatic carbocycles. The van der Waals surface area contributed by atoms with Crippen molar-refractivity contribution in [2.45, 2.75) is 18.9 Å². The van der Waals surface area contributed by atoms with Crippen LogP contribution in [0, 0.1) is 0 Å². The number of amides is 1. The molecule has 27 heavy (non-hydrogen) atoms. The molecular formula is C20H20N6O. The van der Waals surface area contributed by atoms with Crippen LogP contribution in [0.3, 0.4) is 0 Å². The van der Waals surface area contributed by atoms with Gasteiger partial charge in [-0.3, -0.25) is 9.78 Å². The summed E-state index contributed by atoms with van der Waals surface area (Å²) >= 11 is 0. The van der Waals surface area contributed by atoms with E-state index in [1.165, 1.54) is 0 Å². The first-order chi connectivity index (χ1) is 13.3. The van der Waals surface area contributed by atoms with Gasteiger partial charge in [0.05, 0.1) is 5.69 Å². The summed E-state index contributed by atoms with van der Waals surface area (Å²) in [5, 5.41) is 8.16. The van der Waals surface area contributed by atoms with Crippen LogP contribution in [-0.4, -0.2) is 47.0 Å². The topological polar surface area (TPSA) is 83.0 Å². The lowest BCUT2D eigenvalue weighted by Gasteiger charge is -2.24. The summed E-state index contributed by atoms with van der Waals surface area (Å²) in [6.07, 6.45) is 5.76.